The molecule has 0 saturated carbocycles. The number of nitrogens with zero attached hydrogens (tertiary/aromatic N) is 2. The molecule has 0 spiro atoms. The van der Waals surface area contributed by atoms with Crippen molar-refractivity contribution in [2.45, 2.75) is 13.8 Å². The maximum absolute atomic E-state index is 5.86. The highest BCUT2D eigenvalue weighted by Gasteiger charge is 2.01. The molecule has 0 bridgehead atoms. The lowest BCUT2D eigenvalue weighted by Gasteiger charge is -2.19. The second-order valence-electron chi connectivity index (χ2n) is 3.94. The van der Waals surface area contributed by atoms with Crippen LogP contribution in [0.2, 0.25) is 0 Å². The second-order valence-corrected chi connectivity index (χ2v) is 3.94. The fraction of sp³-hybridized carbons (Fsp3) is 0.500. The Morgan fingerprint density at radius 2 is 1.95 bits per heavy atom. The third kappa shape index (κ3) is 5.07. The molecule has 1 rings (SSSR count). The minimum absolute atomic E-state index is 0.495. The predicted octanol–water partition coefficient (Wildman–Crippen LogP) is 1.73. The molecule has 106 valence electrons. The Morgan fingerprint density at radius 3 is 2.58 bits per heavy atom. The van der Waals surface area contributed by atoms with Crippen molar-refractivity contribution in [1.82, 2.24) is 4.90 Å². The predicted molar refractivity (Wildman–Crippen MR) is 77.9 cm³/mol. The maximum atomic E-state index is 5.86. The van der Waals surface area contributed by atoms with Crippen molar-refractivity contribution in [2.75, 3.05) is 33.4 Å². The molecule has 1 aromatic carbocycles. The van der Waals surface area contributed by atoms with Crippen LogP contribution in [0.15, 0.2) is 29.3 Å². The van der Waals surface area contributed by atoms with E-state index in [0.29, 0.717) is 19.1 Å². The van der Waals surface area contributed by atoms with Gasteiger partial charge in [0.05, 0.1) is 13.7 Å². The summed E-state index contributed by atoms with van der Waals surface area (Å²) in [6.45, 7) is 6.87. The van der Waals surface area contributed by atoms with Crippen LogP contribution < -0.4 is 15.2 Å². The van der Waals surface area contributed by atoms with Gasteiger partial charge in [0, 0.05) is 19.2 Å². The van der Waals surface area contributed by atoms with Crippen molar-refractivity contribution in [3.05, 3.63) is 24.3 Å². The van der Waals surface area contributed by atoms with Crippen LogP contribution in [0.25, 0.3) is 0 Å². The van der Waals surface area contributed by atoms with Crippen LogP contribution in [0.1, 0.15) is 13.8 Å². The minimum Gasteiger partial charge on any atom is -0.497 e. The highest BCUT2D eigenvalue weighted by molar-refractivity contribution is 5.77. The molecule has 5 heteroatoms. The zero-order chi connectivity index (χ0) is 14.1. The summed E-state index contributed by atoms with van der Waals surface area (Å²) in [6.07, 6.45) is 0. The normalized spacial score (nSPS) is 11.2. The molecule has 19 heavy (non-hydrogen) atoms. The van der Waals surface area contributed by atoms with Crippen LogP contribution in [0.4, 0.5) is 0 Å². The van der Waals surface area contributed by atoms with Gasteiger partial charge in [-0.15, -0.1) is 0 Å². The fourth-order valence-electron chi connectivity index (χ4n) is 1.66. The maximum Gasteiger partial charge on any atom is 0.191 e. The van der Waals surface area contributed by atoms with E-state index in [2.05, 4.69) is 18.8 Å². The number of nitrogens with two attached hydrogens (primary N) is 1. The topological polar surface area (TPSA) is 60.1 Å². The summed E-state index contributed by atoms with van der Waals surface area (Å²) in [5, 5.41) is 0. The molecule has 0 heterocycles. The molecule has 0 fully saturated rings. The van der Waals surface area contributed by atoms with Crippen molar-refractivity contribution >= 4 is 5.96 Å². The highest BCUT2D eigenvalue weighted by atomic mass is 16.5. The third-order valence-corrected chi connectivity index (χ3v) is 2.76. The average Bonchev–Trinajstić information content (AvgIpc) is 2.45. The number of benzene rings is 1. The van der Waals surface area contributed by atoms with Crippen molar-refractivity contribution < 1.29 is 9.47 Å². The quantitative estimate of drug-likeness (QED) is 0.463. The van der Waals surface area contributed by atoms with E-state index in [1.807, 2.05) is 29.2 Å². The molecule has 0 aliphatic heterocycles. The first kappa shape index (κ1) is 15.1. The molecule has 1 aromatic rings. The zero-order valence-electron chi connectivity index (χ0n) is 11.9. The summed E-state index contributed by atoms with van der Waals surface area (Å²) < 4.78 is 10.7. The number of hydrogen-bond donors (Lipinski definition) is 1. The van der Waals surface area contributed by atoms with E-state index >= 15 is 0 Å². The number of methoxy groups -OCH3 is 1. The summed E-state index contributed by atoms with van der Waals surface area (Å²) in [5.74, 6) is 2.12. The Balaban J connectivity index is 2.39. The highest BCUT2D eigenvalue weighted by Crippen LogP contribution is 2.18. The summed E-state index contributed by atoms with van der Waals surface area (Å²) in [6, 6.07) is 7.50. The van der Waals surface area contributed by atoms with Gasteiger partial charge in [-0.05, 0) is 26.0 Å². The van der Waals surface area contributed by atoms with E-state index in [-0.39, 0.29) is 0 Å². The Labute approximate surface area is 115 Å². The Kier molecular flexibility index (Phi) is 6.57. The Hall–Kier alpha value is -1.91. The molecular formula is C14H23N3O2. The van der Waals surface area contributed by atoms with Gasteiger partial charge in [-0.1, -0.05) is 6.07 Å². The van der Waals surface area contributed by atoms with E-state index in [9.17, 15) is 0 Å². The van der Waals surface area contributed by atoms with Gasteiger partial charge in [0.1, 0.15) is 18.1 Å². The van der Waals surface area contributed by atoms with Gasteiger partial charge in [0.25, 0.3) is 0 Å². The second kappa shape index (κ2) is 8.24. The number of guanidine groups is 1. The number of hydrogen-bond acceptors (Lipinski definition) is 3. The van der Waals surface area contributed by atoms with Gasteiger partial charge >= 0.3 is 0 Å². The van der Waals surface area contributed by atoms with E-state index in [0.717, 1.165) is 24.6 Å². The van der Waals surface area contributed by atoms with Crippen LogP contribution >= 0.6 is 0 Å². The average molecular weight is 265 g/mol. The van der Waals surface area contributed by atoms with Gasteiger partial charge in [-0.3, -0.25) is 0 Å². The van der Waals surface area contributed by atoms with E-state index in [1.165, 1.54) is 0 Å². The molecule has 2 N–H and O–H groups in total. The van der Waals surface area contributed by atoms with Crippen molar-refractivity contribution in [3.8, 4) is 11.5 Å². The lowest BCUT2D eigenvalue weighted by atomic mass is 10.3. The first-order chi connectivity index (χ1) is 9.21. The van der Waals surface area contributed by atoms with E-state index < -0.39 is 0 Å². The largest absolute Gasteiger partial charge is 0.497 e. The van der Waals surface area contributed by atoms with Gasteiger partial charge in [-0.2, -0.15) is 0 Å². The molecule has 0 aliphatic rings. The molecule has 0 radical (unpaired) electrons. The Morgan fingerprint density at radius 1 is 1.26 bits per heavy atom. The molecule has 0 amide bonds. The smallest absolute Gasteiger partial charge is 0.191 e. The third-order valence-electron chi connectivity index (χ3n) is 2.76. The minimum atomic E-state index is 0.495. The monoisotopic (exact) mass is 265 g/mol. The number of ether oxygens (including phenoxy) is 2. The molecule has 5 nitrogen and oxygen atoms in total. The van der Waals surface area contributed by atoms with Crippen molar-refractivity contribution in [2.24, 2.45) is 10.7 Å². The Bertz CT molecular complexity index is 403. The summed E-state index contributed by atoms with van der Waals surface area (Å²) in [7, 11) is 1.63. The molecule has 0 unspecified atom stereocenters. The number of aliphatic imine (C=N–C) groups is 1. The van der Waals surface area contributed by atoms with Crippen LogP contribution in [-0.4, -0.2) is 44.2 Å². The van der Waals surface area contributed by atoms with Crippen LogP contribution in [0, 0.1) is 0 Å². The van der Waals surface area contributed by atoms with Crippen LogP contribution in [-0.2, 0) is 0 Å². The lowest BCUT2D eigenvalue weighted by Crippen LogP contribution is -2.37. The summed E-state index contributed by atoms with van der Waals surface area (Å²) >= 11 is 0. The van der Waals surface area contributed by atoms with Gasteiger partial charge in [0.15, 0.2) is 5.96 Å². The number of rotatable bonds is 7. The molecule has 0 aromatic heterocycles. The van der Waals surface area contributed by atoms with Gasteiger partial charge in [-0.25, -0.2) is 4.99 Å². The van der Waals surface area contributed by atoms with Crippen LogP contribution in [0.3, 0.4) is 0 Å². The molecule has 0 atom stereocenters. The molecular weight excluding hydrogens is 242 g/mol. The SMILES string of the molecule is CCN(CC)C(N)=NCCOc1cccc(OC)c1. The van der Waals surface area contributed by atoms with E-state index in [4.69, 9.17) is 15.2 Å². The first-order valence-corrected chi connectivity index (χ1v) is 6.53. The van der Waals surface area contributed by atoms with Crippen molar-refractivity contribution in [3.63, 3.8) is 0 Å². The van der Waals surface area contributed by atoms with E-state index in [1.54, 1.807) is 7.11 Å². The van der Waals surface area contributed by atoms with Gasteiger partial charge < -0.3 is 20.1 Å². The first-order valence-electron chi connectivity index (χ1n) is 6.53. The zero-order valence-corrected chi connectivity index (χ0v) is 11.9. The van der Waals surface area contributed by atoms with Crippen LogP contribution in [0.5, 0.6) is 11.5 Å². The summed E-state index contributed by atoms with van der Waals surface area (Å²) in [4.78, 5) is 6.29. The van der Waals surface area contributed by atoms with Crippen molar-refractivity contribution in [1.29, 1.82) is 0 Å². The lowest BCUT2D eigenvalue weighted by molar-refractivity contribution is 0.324. The molecule has 0 aliphatic carbocycles. The summed E-state index contributed by atoms with van der Waals surface area (Å²) in [5.41, 5.74) is 5.86. The standard InChI is InChI=1S/C14H23N3O2/c1-4-17(5-2)14(15)16-9-10-19-13-8-6-7-12(11-13)18-3/h6-8,11H,4-5,9-10H2,1-3H3,(H2,15,16). The van der Waals surface area contributed by atoms with Gasteiger partial charge in [0.2, 0.25) is 0 Å². The fourth-order valence-corrected chi connectivity index (χ4v) is 1.66. The molecule has 0 saturated heterocycles.